The second-order valence-corrected chi connectivity index (χ2v) is 7.10. The minimum Gasteiger partial charge on any atom is -0.478 e. The zero-order valence-electron chi connectivity index (χ0n) is 11.0. The molecule has 114 valence electrons. The monoisotopic (exact) mass is 356 g/mol. The van der Waals surface area contributed by atoms with Crippen LogP contribution >= 0.6 is 23.2 Å². The maximum absolute atomic E-state index is 12.7. The van der Waals surface area contributed by atoms with Gasteiger partial charge in [0.1, 0.15) is 0 Å². The third-order valence-corrected chi connectivity index (χ3v) is 5.13. The van der Waals surface area contributed by atoms with Crippen molar-refractivity contribution in [1.29, 1.82) is 0 Å². The summed E-state index contributed by atoms with van der Waals surface area (Å²) in [6.07, 6.45) is 0.660. The Bertz CT molecular complexity index is 823. The number of carbonyl (C=O) groups is 1. The molecule has 4 nitrogen and oxygen atoms in total. The highest BCUT2D eigenvalue weighted by atomic mass is 35.5. The number of carboxylic acids is 1. The smallest absolute Gasteiger partial charge is 0.329 e. The zero-order chi connectivity index (χ0) is 16.3. The van der Waals surface area contributed by atoms with Crippen LogP contribution in [0.2, 0.25) is 10.0 Å². The van der Waals surface area contributed by atoms with Gasteiger partial charge in [0, 0.05) is 16.1 Å². The van der Waals surface area contributed by atoms with Crippen LogP contribution in [0.3, 0.4) is 0 Å². The Morgan fingerprint density at radius 3 is 1.82 bits per heavy atom. The van der Waals surface area contributed by atoms with E-state index in [1.165, 1.54) is 48.5 Å². The minimum atomic E-state index is -4.00. The van der Waals surface area contributed by atoms with E-state index in [9.17, 15) is 13.2 Å². The third kappa shape index (κ3) is 3.68. The van der Waals surface area contributed by atoms with Gasteiger partial charge in [-0.25, -0.2) is 13.2 Å². The van der Waals surface area contributed by atoms with Gasteiger partial charge in [-0.2, -0.15) is 0 Å². The van der Waals surface area contributed by atoms with Crippen LogP contribution in [0.5, 0.6) is 0 Å². The minimum absolute atomic E-state index is 0.0423. The molecule has 2 aromatic carbocycles. The van der Waals surface area contributed by atoms with E-state index in [-0.39, 0.29) is 15.4 Å². The molecule has 0 atom stereocenters. The maximum Gasteiger partial charge on any atom is 0.329 e. The van der Waals surface area contributed by atoms with E-state index in [2.05, 4.69) is 0 Å². The number of aliphatic carboxylic acids is 1. The van der Waals surface area contributed by atoms with Crippen molar-refractivity contribution in [3.05, 3.63) is 70.2 Å². The first kappa shape index (κ1) is 16.5. The molecule has 0 aliphatic carbocycles. The molecular weight excluding hydrogens is 347 g/mol. The topological polar surface area (TPSA) is 71.4 Å². The maximum atomic E-state index is 12.7. The number of sulfone groups is 1. The van der Waals surface area contributed by atoms with Gasteiger partial charge in [-0.05, 0) is 42.0 Å². The lowest BCUT2D eigenvalue weighted by molar-refractivity contribution is -0.131. The number of hydrogen-bond acceptors (Lipinski definition) is 3. The fraction of sp³-hybridized carbons (Fsp3) is 0. The van der Waals surface area contributed by atoms with Crippen LogP contribution in [0, 0.1) is 0 Å². The third-order valence-electron chi connectivity index (χ3n) is 2.80. The van der Waals surface area contributed by atoms with Crippen molar-refractivity contribution < 1.29 is 18.3 Å². The van der Waals surface area contributed by atoms with Crippen molar-refractivity contribution in [3.8, 4) is 0 Å². The molecule has 0 heterocycles. The second kappa shape index (κ2) is 6.52. The number of rotatable bonds is 4. The molecule has 0 amide bonds. The summed E-state index contributed by atoms with van der Waals surface area (Å²) in [5, 5.41) is 9.77. The zero-order valence-corrected chi connectivity index (χ0v) is 13.4. The van der Waals surface area contributed by atoms with Crippen LogP contribution in [-0.2, 0) is 14.6 Å². The Morgan fingerprint density at radius 2 is 1.36 bits per heavy atom. The summed E-state index contributed by atoms with van der Waals surface area (Å²) in [5.41, 5.74) is 0.238. The lowest BCUT2D eigenvalue weighted by Gasteiger charge is -2.09. The Hall–Kier alpha value is -1.82. The van der Waals surface area contributed by atoms with Gasteiger partial charge in [-0.3, -0.25) is 0 Å². The molecule has 0 saturated heterocycles. The molecule has 1 N–H and O–H groups in total. The number of benzene rings is 2. The van der Waals surface area contributed by atoms with Gasteiger partial charge in [0.05, 0.1) is 9.80 Å². The first-order chi connectivity index (χ1) is 10.3. The molecule has 0 unspecified atom stereocenters. The van der Waals surface area contributed by atoms with Gasteiger partial charge in [0.2, 0.25) is 9.84 Å². The fourth-order valence-electron chi connectivity index (χ4n) is 1.78. The number of hydrogen-bond donors (Lipinski definition) is 1. The van der Waals surface area contributed by atoms with Crippen LogP contribution in [0.15, 0.2) is 59.5 Å². The van der Waals surface area contributed by atoms with Crippen molar-refractivity contribution >= 4 is 43.9 Å². The first-order valence-electron chi connectivity index (χ1n) is 6.02. The Balaban J connectivity index is 2.61. The highest BCUT2D eigenvalue weighted by Crippen LogP contribution is 2.29. The quantitative estimate of drug-likeness (QED) is 0.843. The van der Waals surface area contributed by atoms with Crippen molar-refractivity contribution in [2.45, 2.75) is 4.90 Å². The summed E-state index contributed by atoms with van der Waals surface area (Å²) in [5.74, 6) is -1.36. The van der Waals surface area contributed by atoms with E-state index < -0.39 is 15.8 Å². The Morgan fingerprint density at radius 1 is 0.909 bits per heavy atom. The molecule has 22 heavy (non-hydrogen) atoms. The van der Waals surface area contributed by atoms with Crippen molar-refractivity contribution in [2.75, 3.05) is 0 Å². The van der Waals surface area contributed by atoms with Crippen LogP contribution in [0.4, 0.5) is 0 Å². The number of halogens is 2. The van der Waals surface area contributed by atoms with E-state index in [1.807, 2.05) is 0 Å². The van der Waals surface area contributed by atoms with Gasteiger partial charge in [-0.1, -0.05) is 35.3 Å². The molecule has 0 aliphatic rings. The predicted octanol–water partition coefficient (Wildman–Crippen LogP) is 3.89. The molecule has 0 fully saturated rings. The van der Waals surface area contributed by atoms with Gasteiger partial charge in [0.25, 0.3) is 0 Å². The fourth-order valence-corrected chi connectivity index (χ4v) is 3.49. The van der Waals surface area contributed by atoms with Crippen LogP contribution in [0.25, 0.3) is 4.91 Å². The normalized spacial score (nSPS) is 12.2. The van der Waals surface area contributed by atoms with Crippen molar-refractivity contribution in [1.82, 2.24) is 0 Å². The molecule has 0 aromatic heterocycles. The molecule has 0 saturated carbocycles. The summed E-state index contributed by atoms with van der Waals surface area (Å²) in [4.78, 5) is 10.6. The molecular formula is C15H10Cl2O4S. The standard InChI is InChI=1S/C15H10Cl2O4S/c16-11-3-1-10(2-4-11)14(9-15(18)19)22(20,21)13-7-5-12(17)6-8-13/h1-9H,(H,18,19)/b14-9+. The van der Waals surface area contributed by atoms with E-state index in [0.29, 0.717) is 16.1 Å². The van der Waals surface area contributed by atoms with E-state index in [1.54, 1.807) is 0 Å². The van der Waals surface area contributed by atoms with Gasteiger partial charge in [0.15, 0.2) is 0 Å². The largest absolute Gasteiger partial charge is 0.478 e. The summed E-state index contributed by atoms with van der Waals surface area (Å²) < 4.78 is 25.3. The SMILES string of the molecule is O=C(O)/C=C(\c1ccc(Cl)cc1)S(=O)(=O)c1ccc(Cl)cc1. The summed E-state index contributed by atoms with van der Waals surface area (Å²) in [7, 11) is -4.00. The highest BCUT2D eigenvalue weighted by Gasteiger charge is 2.23. The van der Waals surface area contributed by atoms with Gasteiger partial charge >= 0.3 is 5.97 Å². The Labute approximate surface area is 137 Å². The summed E-state index contributed by atoms with van der Waals surface area (Å²) >= 11 is 11.5. The van der Waals surface area contributed by atoms with Crippen LogP contribution < -0.4 is 0 Å². The van der Waals surface area contributed by atoms with Crippen molar-refractivity contribution in [2.24, 2.45) is 0 Å². The molecule has 0 bridgehead atoms. The van der Waals surface area contributed by atoms with E-state index >= 15 is 0 Å². The average Bonchev–Trinajstić information content (AvgIpc) is 2.46. The van der Waals surface area contributed by atoms with Gasteiger partial charge in [-0.15, -0.1) is 0 Å². The number of carboxylic acid groups (broad SMARTS) is 1. The second-order valence-electron chi connectivity index (χ2n) is 4.31. The van der Waals surface area contributed by atoms with Crippen LogP contribution in [0.1, 0.15) is 5.56 Å². The van der Waals surface area contributed by atoms with E-state index in [4.69, 9.17) is 28.3 Å². The van der Waals surface area contributed by atoms with Crippen LogP contribution in [-0.4, -0.2) is 19.5 Å². The summed E-state index contributed by atoms with van der Waals surface area (Å²) in [6.45, 7) is 0. The molecule has 2 rings (SSSR count). The molecule has 0 aliphatic heterocycles. The average molecular weight is 357 g/mol. The Kier molecular flexibility index (Phi) is 4.90. The highest BCUT2D eigenvalue weighted by molar-refractivity contribution is 8.00. The van der Waals surface area contributed by atoms with Crippen molar-refractivity contribution in [3.63, 3.8) is 0 Å². The first-order valence-corrected chi connectivity index (χ1v) is 8.26. The predicted molar refractivity (Wildman–Crippen MR) is 85.7 cm³/mol. The molecule has 2 aromatic rings. The molecule has 0 spiro atoms. The molecule has 7 heteroatoms. The van der Waals surface area contributed by atoms with Gasteiger partial charge < -0.3 is 5.11 Å². The lowest BCUT2D eigenvalue weighted by Crippen LogP contribution is -2.06. The van der Waals surface area contributed by atoms with E-state index in [0.717, 1.165) is 0 Å². The summed E-state index contributed by atoms with van der Waals surface area (Å²) in [6, 6.07) is 11.4. The molecule has 0 radical (unpaired) electrons. The lowest BCUT2D eigenvalue weighted by atomic mass is 10.2.